The molecule has 22 heavy (non-hydrogen) atoms. The van der Waals surface area contributed by atoms with Crippen LogP contribution in [0.5, 0.6) is 0 Å². The van der Waals surface area contributed by atoms with Gasteiger partial charge in [-0.2, -0.15) is 0 Å². The highest BCUT2D eigenvalue weighted by Gasteiger charge is 2.31. The maximum absolute atomic E-state index is 13.9. The lowest BCUT2D eigenvalue weighted by atomic mass is 9.96. The monoisotopic (exact) mass is 312 g/mol. The normalized spacial score (nSPS) is 21.5. The molecular formula is C16H19F3N2O. The van der Waals surface area contributed by atoms with Gasteiger partial charge in [-0.3, -0.25) is 0 Å². The van der Waals surface area contributed by atoms with Gasteiger partial charge in [-0.05, 0) is 37.3 Å². The van der Waals surface area contributed by atoms with E-state index in [1.807, 2.05) is 0 Å². The number of urea groups is 1. The van der Waals surface area contributed by atoms with Crippen LogP contribution in [-0.2, 0) is 6.42 Å². The van der Waals surface area contributed by atoms with Crippen molar-refractivity contribution in [3.05, 3.63) is 34.6 Å². The average molecular weight is 312 g/mol. The molecule has 1 aromatic rings. The lowest BCUT2D eigenvalue weighted by Crippen LogP contribution is -2.44. The second kappa shape index (κ2) is 6.18. The Balaban J connectivity index is 1.68. The van der Waals surface area contributed by atoms with Crippen LogP contribution in [0.1, 0.15) is 55.7 Å². The quantitative estimate of drug-likeness (QED) is 0.803. The van der Waals surface area contributed by atoms with Crippen molar-refractivity contribution in [2.75, 3.05) is 0 Å². The van der Waals surface area contributed by atoms with Gasteiger partial charge in [0.15, 0.2) is 17.5 Å². The zero-order valence-corrected chi connectivity index (χ0v) is 12.2. The van der Waals surface area contributed by atoms with Gasteiger partial charge in [0, 0.05) is 11.6 Å². The van der Waals surface area contributed by atoms with Crippen LogP contribution in [0, 0.1) is 17.5 Å². The number of carbonyl (C=O) groups excluding carboxylic acids is 1. The van der Waals surface area contributed by atoms with E-state index in [1.54, 1.807) is 0 Å². The summed E-state index contributed by atoms with van der Waals surface area (Å²) in [7, 11) is 0. The number of carbonyl (C=O) groups is 1. The molecule has 1 aromatic carbocycles. The van der Waals surface area contributed by atoms with Gasteiger partial charge in [0.05, 0.1) is 6.04 Å². The van der Waals surface area contributed by atoms with Gasteiger partial charge in [0.1, 0.15) is 0 Å². The zero-order valence-electron chi connectivity index (χ0n) is 12.2. The minimum atomic E-state index is -1.47. The first-order valence-electron chi connectivity index (χ1n) is 7.79. The second-order valence-corrected chi connectivity index (χ2v) is 6.10. The fraction of sp³-hybridized carbons (Fsp3) is 0.562. The first kappa shape index (κ1) is 15.2. The number of aryl methyl sites for hydroxylation is 1. The van der Waals surface area contributed by atoms with Crippen molar-refractivity contribution < 1.29 is 18.0 Å². The summed E-state index contributed by atoms with van der Waals surface area (Å²) in [6, 6.07) is 0.195. The van der Waals surface area contributed by atoms with E-state index < -0.39 is 23.5 Å². The summed E-state index contributed by atoms with van der Waals surface area (Å²) in [5.74, 6) is -3.83. The third-order valence-electron chi connectivity index (χ3n) is 4.58. The zero-order chi connectivity index (χ0) is 15.7. The van der Waals surface area contributed by atoms with Crippen LogP contribution in [0.4, 0.5) is 18.0 Å². The summed E-state index contributed by atoms with van der Waals surface area (Å²) in [4.78, 5) is 12.0. The SMILES string of the molecule is O=C(NC1CCCCC1)NC1CCc2cc(F)c(F)c(F)c21. The van der Waals surface area contributed by atoms with Gasteiger partial charge >= 0.3 is 6.03 Å². The fourth-order valence-corrected chi connectivity index (χ4v) is 3.46. The van der Waals surface area contributed by atoms with E-state index in [2.05, 4.69) is 10.6 Å². The molecule has 2 aliphatic carbocycles. The van der Waals surface area contributed by atoms with Crippen molar-refractivity contribution >= 4 is 6.03 Å². The largest absolute Gasteiger partial charge is 0.335 e. The smallest absolute Gasteiger partial charge is 0.315 e. The maximum Gasteiger partial charge on any atom is 0.315 e. The molecule has 2 amide bonds. The summed E-state index contributed by atoms with van der Waals surface area (Å²) in [5.41, 5.74) is 0.511. The number of rotatable bonds is 2. The molecule has 0 aliphatic heterocycles. The Kier molecular flexibility index (Phi) is 4.27. The van der Waals surface area contributed by atoms with Crippen molar-refractivity contribution in [3.8, 4) is 0 Å². The highest BCUT2D eigenvalue weighted by atomic mass is 19.2. The molecule has 2 N–H and O–H groups in total. The highest BCUT2D eigenvalue weighted by molar-refractivity contribution is 5.75. The van der Waals surface area contributed by atoms with Gasteiger partial charge in [-0.25, -0.2) is 18.0 Å². The molecule has 0 bridgehead atoms. The Labute approximate surface area is 127 Å². The first-order valence-corrected chi connectivity index (χ1v) is 7.79. The van der Waals surface area contributed by atoms with Crippen LogP contribution in [0.25, 0.3) is 0 Å². The molecule has 2 aliphatic rings. The van der Waals surface area contributed by atoms with Crippen molar-refractivity contribution in [3.63, 3.8) is 0 Å². The molecule has 1 atom stereocenters. The van der Waals surface area contributed by atoms with E-state index in [-0.39, 0.29) is 17.6 Å². The number of nitrogens with one attached hydrogen (secondary N) is 2. The molecule has 120 valence electrons. The van der Waals surface area contributed by atoms with Crippen molar-refractivity contribution in [1.82, 2.24) is 10.6 Å². The summed E-state index contributed by atoms with van der Waals surface area (Å²) in [5, 5.41) is 5.57. The summed E-state index contributed by atoms with van der Waals surface area (Å²) < 4.78 is 40.5. The maximum atomic E-state index is 13.9. The van der Waals surface area contributed by atoms with Crippen LogP contribution in [0.2, 0.25) is 0 Å². The Morgan fingerprint density at radius 1 is 1.00 bits per heavy atom. The van der Waals surface area contributed by atoms with Crippen molar-refractivity contribution in [2.45, 2.75) is 57.0 Å². The number of benzene rings is 1. The summed E-state index contributed by atoms with van der Waals surface area (Å²) in [6.07, 6.45) is 6.15. The second-order valence-electron chi connectivity index (χ2n) is 6.10. The van der Waals surface area contributed by atoms with Gasteiger partial charge in [0.25, 0.3) is 0 Å². The molecule has 6 heteroatoms. The van der Waals surface area contributed by atoms with E-state index in [4.69, 9.17) is 0 Å². The van der Waals surface area contributed by atoms with E-state index in [0.717, 1.165) is 31.7 Å². The molecule has 0 aromatic heterocycles. The van der Waals surface area contributed by atoms with Gasteiger partial charge in [-0.15, -0.1) is 0 Å². The third-order valence-corrected chi connectivity index (χ3v) is 4.58. The molecule has 1 unspecified atom stereocenters. The van der Waals surface area contributed by atoms with E-state index in [9.17, 15) is 18.0 Å². The van der Waals surface area contributed by atoms with Crippen LogP contribution in [0.15, 0.2) is 6.07 Å². The molecule has 3 nitrogen and oxygen atoms in total. The topological polar surface area (TPSA) is 41.1 Å². The van der Waals surface area contributed by atoms with Crippen LogP contribution in [0.3, 0.4) is 0 Å². The molecule has 1 saturated carbocycles. The van der Waals surface area contributed by atoms with Gasteiger partial charge in [0.2, 0.25) is 0 Å². The Bertz CT molecular complexity index is 585. The van der Waals surface area contributed by atoms with Crippen molar-refractivity contribution in [2.24, 2.45) is 0 Å². The van der Waals surface area contributed by atoms with Crippen LogP contribution >= 0.6 is 0 Å². The Hall–Kier alpha value is -1.72. The van der Waals surface area contributed by atoms with E-state index in [0.29, 0.717) is 18.4 Å². The molecular weight excluding hydrogens is 293 g/mol. The fourth-order valence-electron chi connectivity index (χ4n) is 3.46. The number of amides is 2. The average Bonchev–Trinajstić information content (AvgIpc) is 2.88. The molecule has 0 saturated heterocycles. The minimum Gasteiger partial charge on any atom is -0.335 e. The predicted octanol–water partition coefficient (Wildman–Crippen LogP) is 3.72. The third kappa shape index (κ3) is 2.91. The molecule has 1 fully saturated rings. The lowest BCUT2D eigenvalue weighted by molar-refractivity contribution is 0.228. The lowest BCUT2D eigenvalue weighted by Gasteiger charge is -2.24. The molecule has 0 radical (unpaired) electrons. The summed E-state index contributed by atoms with van der Waals surface area (Å²) >= 11 is 0. The molecule has 0 heterocycles. The number of hydrogen-bond donors (Lipinski definition) is 2. The molecule has 3 rings (SSSR count). The van der Waals surface area contributed by atoms with Gasteiger partial charge in [-0.1, -0.05) is 19.3 Å². The predicted molar refractivity (Wildman–Crippen MR) is 75.9 cm³/mol. The van der Waals surface area contributed by atoms with E-state index >= 15 is 0 Å². The van der Waals surface area contributed by atoms with Gasteiger partial charge < -0.3 is 10.6 Å². The first-order chi connectivity index (χ1) is 10.6. The summed E-state index contributed by atoms with van der Waals surface area (Å²) in [6.45, 7) is 0. The molecule has 0 spiro atoms. The Morgan fingerprint density at radius 2 is 1.73 bits per heavy atom. The number of halogens is 3. The van der Waals surface area contributed by atoms with Crippen LogP contribution < -0.4 is 10.6 Å². The number of hydrogen-bond acceptors (Lipinski definition) is 1. The standard InChI is InChI=1S/C16H19F3N2O/c17-11-8-9-6-7-12(13(9)15(19)14(11)18)21-16(22)20-10-4-2-1-3-5-10/h8,10,12H,1-7H2,(H2,20,21,22). The van der Waals surface area contributed by atoms with Crippen LogP contribution in [-0.4, -0.2) is 12.1 Å². The Morgan fingerprint density at radius 3 is 2.45 bits per heavy atom. The highest BCUT2D eigenvalue weighted by Crippen LogP contribution is 2.35. The van der Waals surface area contributed by atoms with Crippen molar-refractivity contribution in [1.29, 1.82) is 0 Å². The van der Waals surface area contributed by atoms with E-state index in [1.165, 1.54) is 6.42 Å². The number of fused-ring (bicyclic) bond motifs is 1. The minimum absolute atomic E-state index is 0.0812.